The van der Waals surface area contributed by atoms with E-state index in [0.717, 1.165) is 30.4 Å². The van der Waals surface area contributed by atoms with Gasteiger partial charge in [0.2, 0.25) is 11.8 Å². The predicted octanol–water partition coefficient (Wildman–Crippen LogP) is 5.99. The molecule has 0 saturated carbocycles. The number of alkyl carbamates (subject to hydrolysis) is 1. The summed E-state index contributed by atoms with van der Waals surface area (Å²) in [4.78, 5) is 54.9. The van der Waals surface area contributed by atoms with Gasteiger partial charge in [0.1, 0.15) is 17.7 Å². The van der Waals surface area contributed by atoms with E-state index in [1.165, 1.54) is 0 Å². The summed E-state index contributed by atoms with van der Waals surface area (Å²) in [6.45, 7) is 13.5. The Bertz CT molecular complexity index is 1220. The minimum Gasteiger partial charge on any atom is -0.466 e. The minimum atomic E-state index is -1.02. The van der Waals surface area contributed by atoms with Crippen LogP contribution in [0.2, 0.25) is 0 Å². The third-order valence-corrected chi connectivity index (χ3v) is 6.76. The second kappa shape index (κ2) is 18.5. The second-order valence-electron chi connectivity index (χ2n) is 11.6. The average Bonchev–Trinajstić information content (AvgIpc) is 2.97. The number of esters is 1. The molecule has 2 rings (SSSR count). The molecule has 0 fully saturated rings. The highest BCUT2D eigenvalue weighted by Crippen LogP contribution is 2.26. The molecule has 2 N–H and O–H groups in total. The van der Waals surface area contributed by atoms with Gasteiger partial charge >= 0.3 is 12.1 Å². The van der Waals surface area contributed by atoms with Crippen molar-refractivity contribution in [3.05, 3.63) is 77.9 Å². The molecule has 0 spiro atoms. The largest absolute Gasteiger partial charge is 0.466 e. The van der Waals surface area contributed by atoms with Crippen molar-refractivity contribution in [2.24, 2.45) is 0 Å². The van der Waals surface area contributed by atoms with E-state index in [2.05, 4.69) is 24.1 Å². The molecule has 9 heteroatoms. The topological polar surface area (TPSA) is 114 Å². The Labute approximate surface area is 262 Å². The molecule has 3 amide bonds. The SMILES string of the molecule is C=Cc1cccc(C(C(=O)NCCC(=O)OCC)N(CCCCCC)C(=O)C(Cc2ccccc2)NC(=O)OC(C)(C)C)c1. The highest BCUT2D eigenvalue weighted by atomic mass is 16.6. The van der Waals surface area contributed by atoms with Crippen LogP contribution in [0.3, 0.4) is 0 Å². The molecule has 0 aromatic heterocycles. The number of nitrogens with zero attached hydrogens (tertiary/aromatic N) is 1. The molecule has 0 heterocycles. The maximum absolute atomic E-state index is 14.5. The first kappa shape index (κ1) is 36.1. The summed E-state index contributed by atoms with van der Waals surface area (Å²) in [6.07, 6.45) is 4.67. The molecule has 2 atom stereocenters. The van der Waals surface area contributed by atoms with Gasteiger partial charge in [0.15, 0.2) is 0 Å². The zero-order valence-electron chi connectivity index (χ0n) is 26.9. The number of carbonyl (C=O) groups excluding carboxylic acids is 4. The van der Waals surface area contributed by atoms with Gasteiger partial charge in [-0.05, 0) is 56.9 Å². The first-order valence-corrected chi connectivity index (χ1v) is 15.5. The number of ether oxygens (including phenoxy) is 2. The van der Waals surface area contributed by atoms with Crippen molar-refractivity contribution in [1.82, 2.24) is 15.5 Å². The number of nitrogens with one attached hydrogen (secondary N) is 2. The zero-order chi connectivity index (χ0) is 32.5. The molecule has 2 aromatic carbocycles. The highest BCUT2D eigenvalue weighted by Gasteiger charge is 2.36. The van der Waals surface area contributed by atoms with Gasteiger partial charge in [0.05, 0.1) is 13.0 Å². The molecule has 0 bridgehead atoms. The van der Waals surface area contributed by atoms with Crippen LogP contribution >= 0.6 is 0 Å². The van der Waals surface area contributed by atoms with E-state index in [1.807, 2.05) is 48.5 Å². The molecule has 2 unspecified atom stereocenters. The standard InChI is InChI=1S/C35H49N3O6/c1-7-10-11-15-23-38(33(41)29(25-27-17-13-12-14-18-27)37-34(42)44-35(4,5)6)31(28-20-16-19-26(8-2)24-28)32(40)36-22-21-30(39)43-9-3/h8,12-14,16-20,24,29,31H,2,7,9-11,15,21-23,25H2,1,3-6H3,(H,36,40)(H,37,42). The fourth-order valence-electron chi connectivity index (χ4n) is 4.72. The van der Waals surface area contributed by atoms with Crippen LogP contribution in [0.1, 0.15) is 89.5 Å². The Kier molecular flexibility index (Phi) is 15.2. The molecule has 0 saturated heterocycles. The Morgan fingerprint density at radius 3 is 2.34 bits per heavy atom. The van der Waals surface area contributed by atoms with Crippen molar-refractivity contribution in [3.63, 3.8) is 0 Å². The van der Waals surface area contributed by atoms with Gasteiger partial charge in [-0.2, -0.15) is 0 Å². The lowest BCUT2D eigenvalue weighted by atomic mass is 9.98. The van der Waals surface area contributed by atoms with E-state index >= 15 is 0 Å². The van der Waals surface area contributed by atoms with Crippen molar-refractivity contribution < 1.29 is 28.7 Å². The van der Waals surface area contributed by atoms with E-state index in [4.69, 9.17) is 9.47 Å². The molecule has 0 aliphatic rings. The van der Waals surface area contributed by atoms with Crippen LogP contribution in [0, 0.1) is 0 Å². The molecule has 9 nitrogen and oxygen atoms in total. The van der Waals surface area contributed by atoms with Gasteiger partial charge in [-0.3, -0.25) is 14.4 Å². The van der Waals surface area contributed by atoms with Crippen LogP contribution in [0.25, 0.3) is 6.08 Å². The molecular formula is C35H49N3O6. The van der Waals surface area contributed by atoms with E-state index in [1.54, 1.807) is 44.7 Å². The average molecular weight is 608 g/mol. The molecule has 240 valence electrons. The van der Waals surface area contributed by atoms with Crippen LogP contribution in [0.4, 0.5) is 4.79 Å². The van der Waals surface area contributed by atoms with E-state index in [9.17, 15) is 19.2 Å². The Morgan fingerprint density at radius 1 is 0.977 bits per heavy atom. The lowest BCUT2D eigenvalue weighted by Gasteiger charge is -2.35. The summed E-state index contributed by atoms with van der Waals surface area (Å²) in [5, 5.41) is 5.62. The summed E-state index contributed by atoms with van der Waals surface area (Å²) in [6, 6.07) is 14.6. The Morgan fingerprint density at radius 2 is 1.70 bits per heavy atom. The number of hydrogen-bond acceptors (Lipinski definition) is 6. The third-order valence-electron chi connectivity index (χ3n) is 6.76. The van der Waals surface area contributed by atoms with E-state index in [-0.39, 0.29) is 32.5 Å². The summed E-state index contributed by atoms with van der Waals surface area (Å²) in [5.41, 5.74) is 1.46. The van der Waals surface area contributed by atoms with E-state index in [0.29, 0.717) is 12.0 Å². The monoisotopic (exact) mass is 607 g/mol. The lowest BCUT2D eigenvalue weighted by Crippen LogP contribution is -2.54. The molecule has 0 aliphatic heterocycles. The maximum Gasteiger partial charge on any atom is 0.408 e. The Hall–Kier alpha value is -4.14. The molecule has 0 radical (unpaired) electrons. The van der Waals surface area contributed by atoms with Crippen molar-refractivity contribution in [2.45, 2.75) is 90.8 Å². The maximum atomic E-state index is 14.5. The molecule has 44 heavy (non-hydrogen) atoms. The molecule has 2 aromatic rings. The van der Waals surface area contributed by atoms with Crippen LogP contribution < -0.4 is 10.6 Å². The van der Waals surface area contributed by atoms with Crippen LogP contribution in [0.5, 0.6) is 0 Å². The summed E-state index contributed by atoms with van der Waals surface area (Å²) in [5.74, 6) is -1.27. The van der Waals surface area contributed by atoms with Gasteiger partial charge in [0.25, 0.3) is 0 Å². The van der Waals surface area contributed by atoms with Crippen molar-refractivity contribution >= 4 is 30.0 Å². The van der Waals surface area contributed by atoms with Crippen molar-refractivity contribution in [1.29, 1.82) is 0 Å². The van der Waals surface area contributed by atoms with Gasteiger partial charge in [-0.25, -0.2) is 4.79 Å². The summed E-state index contributed by atoms with van der Waals surface area (Å²) in [7, 11) is 0. The number of unbranched alkanes of at least 4 members (excludes halogenated alkanes) is 3. The Balaban J connectivity index is 2.54. The summed E-state index contributed by atoms with van der Waals surface area (Å²) >= 11 is 0. The first-order valence-electron chi connectivity index (χ1n) is 15.5. The molecular weight excluding hydrogens is 558 g/mol. The minimum absolute atomic E-state index is 0.000273. The number of rotatable bonds is 17. The fraction of sp³-hybridized carbons (Fsp3) is 0.486. The molecule has 0 aliphatic carbocycles. The van der Waals surface area contributed by atoms with Crippen molar-refractivity contribution in [3.8, 4) is 0 Å². The van der Waals surface area contributed by atoms with Crippen LogP contribution in [-0.2, 0) is 30.3 Å². The van der Waals surface area contributed by atoms with Crippen LogP contribution in [0.15, 0.2) is 61.2 Å². The number of carbonyl (C=O) groups is 4. The highest BCUT2D eigenvalue weighted by molar-refractivity contribution is 5.92. The third kappa shape index (κ3) is 12.6. The fourth-order valence-corrected chi connectivity index (χ4v) is 4.72. The van der Waals surface area contributed by atoms with Crippen LogP contribution in [-0.4, -0.2) is 60.1 Å². The van der Waals surface area contributed by atoms with E-state index < -0.39 is 41.6 Å². The predicted molar refractivity (Wildman–Crippen MR) is 173 cm³/mol. The van der Waals surface area contributed by atoms with Crippen molar-refractivity contribution in [2.75, 3.05) is 19.7 Å². The smallest absolute Gasteiger partial charge is 0.408 e. The number of benzene rings is 2. The lowest BCUT2D eigenvalue weighted by molar-refractivity contribution is -0.144. The zero-order valence-corrected chi connectivity index (χ0v) is 26.9. The van der Waals surface area contributed by atoms with Gasteiger partial charge in [-0.15, -0.1) is 0 Å². The van der Waals surface area contributed by atoms with Gasteiger partial charge in [0, 0.05) is 19.5 Å². The summed E-state index contributed by atoms with van der Waals surface area (Å²) < 4.78 is 10.5. The second-order valence-corrected chi connectivity index (χ2v) is 11.6. The van der Waals surface area contributed by atoms with Gasteiger partial charge in [-0.1, -0.05) is 87.4 Å². The quantitative estimate of drug-likeness (QED) is 0.169. The first-order chi connectivity index (χ1) is 21.0. The normalized spacial score (nSPS) is 12.4. The number of hydrogen-bond donors (Lipinski definition) is 2. The number of amides is 3. The van der Waals surface area contributed by atoms with Gasteiger partial charge < -0.3 is 25.0 Å².